The normalized spacial score (nSPS) is 25.1. The number of hydrogen-bond acceptors (Lipinski definition) is 5. The molecule has 0 aromatic heterocycles. The lowest BCUT2D eigenvalue weighted by atomic mass is 10.1. The van der Waals surface area contributed by atoms with Crippen molar-refractivity contribution in [1.29, 1.82) is 0 Å². The molecule has 3 N–H and O–H groups in total. The minimum Gasteiger partial charge on any atom is -0.331 e. The third-order valence-electron chi connectivity index (χ3n) is 4.68. The average Bonchev–Trinajstić information content (AvgIpc) is 3.05. The van der Waals surface area contributed by atoms with Gasteiger partial charge in [0.25, 0.3) is 0 Å². The van der Waals surface area contributed by atoms with Crippen LogP contribution in [0.5, 0.6) is 0 Å². The molecule has 0 saturated carbocycles. The van der Waals surface area contributed by atoms with E-state index in [1.807, 2.05) is 29.3 Å². The van der Waals surface area contributed by atoms with Crippen LogP contribution >= 0.6 is 23.4 Å². The average molecular weight is 389 g/mol. The maximum atomic E-state index is 12.5. The summed E-state index contributed by atoms with van der Waals surface area (Å²) in [5, 5.41) is 9.36. The maximum Gasteiger partial charge on any atom is 0.229 e. The molecule has 3 atom stereocenters. The highest BCUT2D eigenvalue weighted by atomic mass is 35.5. The fourth-order valence-corrected chi connectivity index (χ4v) is 4.47. The molecule has 0 aliphatic carbocycles. The van der Waals surface area contributed by atoms with Crippen LogP contribution in [0.4, 0.5) is 5.69 Å². The molecule has 136 valence electrons. The molecule has 26 heavy (non-hydrogen) atoms. The van der Waals surface area contributed by atoms with Crippen LogP contribution in [-0.2, 0) is 10.5 Å². The molecular formula is C19H21ClN4OS. The molecule has 2 saturated heterocycles. The molecule has 2 aromatic rings. The van der Waals surface area contributed by atoms with E-state index >= 15 is 0 Å². The van der Waals surface area contributed by atoms with Gasteiger partial charge in [-0.3, -0.25) is 15.1 Å². The standard InChI is InChI=1S/C19H21ClN4OS/c1-12-3-2-4-13(9-12)11-26-19-22-17-16(18(25)23-19)10-21-24(17)15-7-5-14(20)6-8-15/h2-9,16-17,19,21-22H,10-11H2,1H3,(H,23,25). The Morgan fingerprint density at radius 2 is 2.04 bits per heavy atom. The molecule has 0 radical (unpaired) electrons. The zero-order valence-corrected chi connectivity index (χ0v) is 16.0. The minimum absolute atomic E-state index is 0.0828. The molecule has 3 unspecified atom stereocenters. The maximum absolute atomic E-state index is 12.5. The highest BCUT2D eigenvalue weighted by Crippen LogP contribution is 2.28. The van der Waals surface area contributed by atoms with Gasteiger partial charge in [0.15, 0.2) is 0 Å². The van der Waals surface area contributed by atoms with Crippen LogP contribution < -0.4 is 21.1 Å². The Hall–Kier alpha value is -1.73. The summed E-state index contributed by atoms with van der Waals surface area (Å²) in [4.78, 5) is 12.5. The number of hydrogen-bond donors (Lipinski definition) is 3. The summed E-state index contributed by atoms with van der Waals surface area (Å²) in [6.07, 6.45) is -0.0834. The van der Waals surface area contributed by atoms with Crippen LogP contribution in [0.15, 0.2) is 48.5 Å². The summed E-state index contributed by atoms with van der Waals surface area (Å²) >= 11 is 7.68. The van der Waals surface area contributed by atoms with E-state index in [1.165, 1.54) is 11.1 Å². The number of nitrogens with zero attached hydrogens (tertiary/aromatic N) is 1. The highest BCUT2D eigenvalue weighted by molar-refractivity contribution is 7.99. The quantitative estimate of drug-likeness (QED) is 0.752. The first-order chi connectivity index (χ1) is 12.6. The van der Waals surface area contributed by atoms with Crippen LogP contribution in [0.2, 0.25) is 5.02 Å². The fraction of sp³-hybridized carbons (Fsp3) is 0.316. The molecule has 4 rings (SSSR count). The smallest absolute Gasteiger partial charge is 0.229 e. The van der Waals surface area contributed by atoms with Crippen molar-refractivity contribution in [3.8, 4) is 0 Å². The number of amides is 1. The van der Waals surface area contributed by atoms with Crippen LogP contribution in [-0.4, -0.2) is 24.1 Å². The Balaban J connectivity index is 1.45. The number of halogens is 1. The van der Waals surface area contributed by atoms with Crippen molar-refractivity contribution < 1.29 is 4.79 Å². The van der Waals surface area contributed by atoms with Gasteiger partial charge < -0.3 is 5.32 Å². The molecule has 2 aliphatic rings. The van der Waals surface area contributed by atoms with E-state index in [0.717, 1.165) is 11.4 Å². The Morgan fingerprint density at radius 1 is 1.23 bits per heavy atom. The van der Waals surface area contributed by atoms with Crippen molar-refractivity contribution in [3.05, 3.63) is 64.7 Å². The Morgan fingerprint density at radius 3 is 2.81 bits per heavy atom. The predicted molar refractivity (Wildman–Crippen MR) is 107 cm³/mol. The first kappa shape index (κ1) is 17.7. The number of benzene rings is 2. The van der Waals surface area contributed by atoms with Gasteiger partial charge in [0.05, 0.1) is 11.6 Å². The highest BCUT2D eigenvalue weighted by Gasteiger charge is 2.44. The van der Waals surface area contributed by atoms with Gasteiger partial charge in [-0.2, -0.15) is 0 Å². The monoisotopic (exact) mass is 388 g/mol. The number of rotatable bonds is 4. The molecule has 2 aliphatic heterocycles. The molecular weight excluding hydrogens is 368 g/mol. The number of carbonyl (C=O) groups excluding carboxylic acids is 1. The van der Waals surface area contributed by atoms with Crippen LogP contribution in [0.25, 0.3) is 0 Å². The van der Waals surface area contributed by atoms with Crippen molar-refractivity contribution >= 4 is 35.0 Å². The van der Waals surface area contributed by atoms with Gasteiger partial charge in [0.1, 0.15) is 11.7 Å². The first-order valence-electron chi connectivity index (χ1n) is 8.62. The fourth-order valence-electron chi connectivity index (χ4n) is 3.37. The SMILES string of the molecule is Cc1cccc(CSC2NC(=O)C3CNN(c4ccc(Cl)cc4)C3N2)c1. The lowest BCUT2D eigenvalue weighted by Gasteiger charge is -2.37. The summed E-state index contributed by atoms with van der Waals surface area (Å²) in [6.45, 7) is 2.70. The zero-order chi connectivity index (χ0) is 18.1. The topological polar surface area (TPSA) is 56.4 Å². The molecule has 7 heteroatoms. The van der Waals surface area contributed by atoms with E-state index in [1.54, 1.807) is 11.8 Å². The number of thioether (sulfide) groups is 1. The summed E-state index contributed by atoms with van der Waals surface area (Å²) in [5.74, 6) is 0.798. The molecule has 2 fully saturated rings. The Bertz CT molecular complexity index is 800. The molecule has 5 nitrogen and oxygen atoms in total. The number of nitrogens with one attached hydrogen (secondary N) is 3. The van der Waals surface area contributed by atoms with E-state index in [4.69, 9.17) is 11.6 Å². The molecule has 2 aromatic carbocycles. The summed E-state index contributed by atoms with van der Waals surface area (Å²) in [7, 11) is 0. The van der Waals surface area contributed by atoms with Crippen molar-refractivity contribution in [2.75, 3.05) is 11.6 Å². The van der Waals surface area contributed by atoms with E-state index < -0.39 is 0 Å². The zero-order valence-electron chi connectivity index (χ0n) is 14.4. The largest absolute Gasteiger partial charge is 0.331 e. The third kappa shape index (κ3) is 3.69. The lowest BCUT2D eigenvalue weighted by Crippen LogP contribution is -2.63. The van der Waals surface area contributed by atoms with Crippen molar-refractivity contribution in [2.45, 2.75) is 24.3 Å². The second-order valence-electron chi connectivity index (χ2n) is 6.62. The number of carbonyl (C=O) groups is 1. The summed E-state index contributed by atoms with van der Waals surface area (Å²) in [6, 6.07) is 16.1. The Labute approximate surface area is 162 Å². The van der Waals surface area contributed by atoms with Gasteiger partial charge in [-0.1, -0.05) is 41.4 Å². The van der Waals surface area contributed by atoms with Crippen molar-refractivity contribution in [3.63, 3.8) is 0 Å². The summed E-state index contributed by atoms with van der Waals surface area (Å²) < 4.78 is 0. The van der Waals surface area contributed by atoms with Crippen molar-refractivity contribution in [2.24, 2.45) is 5.92 Å². The number of fused-ring (bicyclic) bond motifs is 1. The van der Waals surface area contributed by atoms with Gasteiger partial charge in [0, 0.05) is 17.3 Å². The first-order valence-corrected chi connectivity index (χ1v) is 10.0. The van der Waals surface area contributed by atoms with Gasteiger partial charge >= 0.3 is 0 Å². The van der Waals surface area contributed by atoms with Crippen LogP contribution in [0.3, 0.4) is 0 Å². The molecule has 0 spiro atoms. The van der Waals surface area contributed by atoms with Gasteiger partial charge in [-0.15, -0.1) is 11.8 Å². The van der Waals surface area contributed by atoms with E-state index in [2.05, 4.69) is 47.2 Å². The molecule has 1 amide bonds. The minimum atomic E-state index is -0.126. The lowest BCUT2D eigenvalue weighted by molar-refractivity contribution is -0.127. The van der Waals surface area contributed by atoms with Gasteiger partial charge in [0.2, 0.25) is 5.91 Å². The second kappa shape index (κ2) is 7.48. The number of aryl methyl sites for hydroxylation is 1. The van der Waals surface area contributed by atoms with Gasteiger partial charge in [-0.25, -0.2) is 5.43 Å². The van der Waals surface area contributed by atoms with Crippen LogP contribution in [0.1, 0.15) is 11.1 Å². The molecule has 0 bridgehead atoms. The number of anilines is 1. The summed E-state index contributed by atoms with van der Waals surface area (Å²) in [5.41, 5.74) is 6.70. The predicted octanol–water partition coefficient (Wildman–Crippen LogP) is 2.85. The van der Waals surface area contributed by atoms with Gasteiger partial charge in [-0.05, 0) is 36.8 Å². The van der Waals surface area contributed by atoms with E-state index in [0.29, 0.717) is 11.6 Å². The van der Waals surface area contributed by atoms with E-state index in [-0.39, 0.29) is 23.5 Å². The molecule has 2 heterocycles. The number of hydrazine groups is 1. The van der Waals surface area contributed by atoms with E-state index in [9.17, 15) is 4.79 Å². The second-order valence-corrected chi connectivity index (χ2v) is 8.15. The van der Waals surface area contributed by atoms with Crippen molar-refractivity contribution in [1.82, 2.24) is 16.1 Å². The van der Waals surface area contributed by atoms with Crippen LogP contribution in [0, 0.1) is 12.8 Å². The Kier molecular flexibility index (Phi) is 5.09. The third-order valence-corrected chi connectivity index (χ3v) is 6.02.